The molecule has 0 spiro atoms. The first-order valence-electron chi connectivity index (χ1n) is 7.49. The van der Waals surface area contributed by atoms with Crippen LogP contribution >= 0.6 is 0 Å². The van der Waals surface area contributed by atoms with Gasteiger partial charge in [-0.05, 0) is 24.7 Å². The van der Waals surface area contributed by atoms with Crippen molar-refractivity contribution in [1.82, 2.24) is 9.55 Å². The molecule has 1 aromatic rings. The summed E-state index contributed by atoms with van der Waals surface area (Å²) in [6, 6.07) is 0. The predicted octanol–water partition coefficient (Wildman–Crippen LogP) is 1.59. The molecule has 1 aromatic heterocycles. The molecule has 1 aliphatic heterocycles. The van der Waals surface area contributed by atoms with Crippen molar-refractivity contribution in [3.63, 3.8) is 0 Å². The Labute approximate surface area is 124 Å². The van der Waals surface area contributed by atoms with Crippen molar-refractivity contribution in [2.75, 3.05) is 18.0 Å². The molecule has 1 aliphatic rings. The van der Waals surface area contributed by atoms with Crippen LogP contribution < -0.4 is 10.5 Å². The summed E-state index contributed by atoms with van der Waals surface area (Å²) in [6.07, 6.45) is 5.21. The van der Waals surface area contributed by atoms with Gasteiger partial charge < -0.3 is 14.6 Å². The lowest BCUT2D eigenvalue weighted by Gasteiger charge is -2.31. The van der Waals surface area contributed by atoms with Gasteiger partial charge >= 0.3 is 5.97 Å². The van der Waals surface area contributed by atoms with E-state index in [1.54, 1.807) is 17.0 Å². The summed E-state index contributed by atoms with van der Waals surface area (Å²) >= 11 is 0. The van der Waals surface area contributed by atoms with Crippen molar-refractivity contribution in [3.8, 4) is 0 Å². The zero-order valence-electron chi connectivity index (χ0n) is 12.7. The number of nitrogens with zero attached hydrogens (tertiary/aromatic N) is 3. The molecule has 21 heavy (non-hydrogen) atoms. The topological polar surface area (TPSA) is 75.4 Å². The molecule has 6 nitrogen and oxygen atoms in total. The van der Waals surface area contributed by atoms with Crippen molar-refractivity contribution < 1.29 is 9.90 Å². The first-order valence-corrected chi connectivity index (χ1v) is 7.49. The summed E-state index contributed by atoms with van der Waals surface area (Å²) in [6.45, 7) is 6.23. The molecule has 116 valence electrons. The summed E-state index contributed by atoms with van der Waals surface area (Å²) in [5.41, 5.74) is -0.0529. The van der Waals surface area contributed by atoms with Crippen LogP contribution in [0.5, 0.6) is 0 Å². The average molecular weight is 293 g/mol. The third kappa shape index (κ3) is 4.06. The number of piperidine rings is 1. The van der Waals surface area contributed by atoms with E-state index >= 15 is 0 Å². The van der Waals surface area contributed by atoms with Gasteiger partial charge in [0.15, 0.2) is 5.82 Å². The first-order chi connectivity index (χ1) is 9.97. The van der Waals surface area contributed by atoms with Crippen molar-refractivity contribution in [2.45, 2.75) is 39.7 Å². The van der Waals surface area contributed by atoms with Crippen LogP contribution in [0, 0.1) is 11.8 Å². The van der Waals surface area contributed by atoms with E-state index in [4.69, 9.17) is 5.11 Å². The lowest BCUT2D eigenvalue weighted by atomic mass is 9.94. The summed E-state index contributed by atoms with van der Waals surface area (Å²) < 4.78 is 1.70. The molecule has 1 saturated heterocycles. The highest BCUT2D eigenvalue weighted by molar-refractivity contribution is 5.67. The van der Waals surface area contributed by atoms with Crippen LogP contribution in [0.25, 0.3) is 0 Å². The number of carboxylic acid groups (broad SMARTS) is 1. The summed E-state index contributed by atoms with van der Waals surface area (Å²) in [7, 11) is 0. The van der Waals surface area contributed by atoms with Crippen molar-refractivity contribution >= 4 is 11.8 Å². The van der Waals surface area contributed by atoms with Gasteiger partial charge in [-0.2, -0.15) is 0 Å². The van der Waals surface area contributed by atoms with E-state index in [1.165, 1.54) is 0 Å². The minimum absolute atomic E-state index is 0.0529. The normalized spacial score (nSPS) is 16.4. The predicted molar refractivity (Wildman–Crippen MR) is 80.5 cm³/mol. The molecule has 1 fully saturated rings. The minimum atomic E-state index is -0.745. The zero-order chi connectivity index (χ0) is 15.4. The molecule has 2 heterocycles. The highest BCUT2D eigenvalue weighted by Gasteiger charge is 2.23. The molecular weight excluding hydrogens is 270 g/mol. The van der Waals surface area contributed by atoms with Gasteiger partial charge in [-0.15, -0.1) is 0 Å². The number of carboxylic acids is 1. The standard InChI is InChI=1S/C15H23N3O3/c1-11(2)10-18-8-5-16-14(15(18)21)17-6-3-12(4-7-17)9-13(19)20/h5,8,11-12H,3-4,6-7,9-10H2,1-2H3,(H,19,20). The molecule has 0 amide bonds. The Balaban J connectivity index is 2.07. The highest BCUT2D eigenvalue weighted by Crippen LogP contribution is 2.22. The summed E-state index contributed by atoms with van der Waals surface area (Å²) in [5.74, 6) is 0.358. The van der Waals surface area contributed by atoms with Crippen LogP contribution in [-0.2, 0) is 11.3 Å². The van der Waals surface area contributed by atoms with Gasteiger partial charge in [0.25, 0.3) is 5.56 Å². The van der Waals surface area contributed by atoms with Crippen molar-refractivity contribution in [2.24, 2.45) is 11.8 Å². The van der Waals surface area contributed by atoms with E-state index < -0.39 is 5.97 Å². The van der Waals surface area contributed by atoms with E-state index in [2.05, 4.69) is 18.8 Å². The number of hydrogen-bond donors (Lipinski definition) is 1. The van der Waals surface area contributed by atoms with E-state index in [1.807, 2.05) is 4.90 Å². The van der Waals surface area contributed by atoms with Gasteiger partial charge in [0.05, 0.1) is 0 Å². The average Bonchev–Trinajstić information content (AvgIpc) is 2.41. The lowest BCUT2D eigenvalue weighted by molar-refractivity contribution is -0.138. The maximum Gasteiger partial charge on any atom is 0.303 e. The Bertz CT molecular complexity index is 545. The summed E-state index contributed by atoms with van der Waals surface area (Å²) in [4.78, 5) is 29.4. The second-order valence-electron chi connectivity index (χ2n) is 6.13. The Morgan fingerprint density at radius 1 is 1.43 bits per heavy atom. The van der Waals surface area contributed by atoms with Crippen LogP contribution in [0.1, 0.15) is 33.1 Å². The van der Waals surface area contributed by atoms with E-state index in [-0.39, 0.29) is 17.9 Å². The SMILES string of the molecule is CC(C)Cn1ccnc(N2CCC(CC(=O)O)CC2)c1=O. The van der Waals surface area contributed by atoms with Gasteiger partial charge in [-0.25, -0.2) is 4.98 Å². The second kappa shape index (κ2) is 6.74. The van der Waals surface area contributed by atoms with E-state index in [0.717, 1.165) is 12.8 Å². The number of carbonyl (C=O) groups is 1. The molecule has 1 N–H and O–H groups in total. The molecular formula is C15H23N3O3. The maximum absolute atomic E-state index is 12.4. The van der Waals surface area contributed by atoms with Crippen LogP contribution in [-0.4, -0.2) is 33.7 Å². The minimum Gasteiger partial charge on any atom is -0.481 e. The molecule has 0 aromatic carbocycles. The monoisotopic (exact) mass is 293 g/mol. The zero-order valence-corrected chi connectivity index (χ0v) is 12.7. The highest BCUT2D eigenvalue weighted by atomic mass is 16.4. The Morgan fingerprint density at radius 3 is 2.67 bits per heavy atom. The molecule has 0 unspecified atom stereocenters. The van der Waals surface area contributed by atoms with Gasteiger partial charge in [0.2, 0.25) is 0 Å². The molecule has 0 saturated carbocycles. The number of hydrogen-bond acceptors (Lipinski definition) is 4. The van der Waals surface area contributed by atoms with Crippen LogP contribution in [0.15, 0.2) is 17.2 Å². The molecule has 2 rings (SSSR count). The Kier molecular flexibility index (Phi) is 4.98. The van der Waals surface area contributed by atoms with Gasteiger partial charge in [0.1, 0.15) is 0 Å². The maximum atomic E-state index is 12.4. The molecule has 0 radical (unpaired) electrons. The summed E-state index contributed by atoms with van der Waals surface area (Å²) in [5, 5.41) is 8.83. The number of anilines is 1. The largest absolute Gasteiger partial charge is 0.481 e. The van der Waals surface area contributed by atoms with Gasteiger partial charge in [-0.3, -0.25) is 9.59 Å². The van der Waals surface area contributed by atoms with E-state index in [9.17, 15) is 9.59 Å². The molecule has 6 heteroatoms. The second-order valence-corrected chi connectivity index (χ2v) is 6.13. The number of rotatable bonds is 5. The third-order valence-corrected chi connectivity index (χ3v) is 3.83. The number of aromatic nitrogens is 2. The quantitative estimate of drug-likeness (QED) is 0.892. The fourth-order valence-corrected chi connectivity index (χ4v) is 2.79. The molecule has 0 bridgehead atoms. The smallest absolute Gasteiger partial charge is 0.303 e. The van der Waals surface area contributed by atoms with E-state index in [0.29, 0.717) is 31.4 Å². The third-order valence-electron chi connectivity index (χ3n) is 3.83. The van der Waals surface area contributed by atoms with Crippen molar-refractivity contribution in [1.29, 1.82) is 0 Å². The fraction of sp³-hybridized carbons (Fsp3) is 0.667. The Hall–Kier alpha value is -1.85. The number of aliphatic carboxylic acids is 1. The van der Waals surface area contributed by atoms with Crippen LogP contribution in [0.4, 0.5) is 5.82 Å². The first kappa shape index (κ1) is 15.5. The van der Waals surface area contributed by atoms with Crippen LogP contribution in [0.3, 0.4) is 0 Å². The van der Waals surface area contributed by atoms with Gasteiger partial charge in [0, 0.05) is 38.4 Å². The lowest BCUT2D eigenvalue weighted by Crippen LogP contribution is -2.39. The Morgan fingerprint density at radius 2 is 2.10 bits per heavy atom. The van der Waals surface area contributed by atoms with Crippen LogP contribution in [0.2, 0.25) is 0 Å². The fourth-order valence-electron chi connectivity index (χ4n) is 2.79. The van der Waals surface area contributed by atoms with Crippen molar-refractivity contribution in [3.05, 3.63) is 22.7 Å². The molecule has 0 aliphatic carbocycles. The molecule has 0 atom stereocenters. The van der Waals surface area contributed by atoms with Gasteiger partial charge in [-0.1, -0.05) is 13.8 Å².